The molecule has 0 atom stereocenters. The Bertz CT molecular complexity index is 254. The Morgan fingerprint density at radius 3 is 1.56 bits per heavy atom. The number of hydrogen-bond donors (Lipinski definition) is 0. The summed E-state index contributed by atoms with van der Waals surface area (Å²) in [4.78, 5) is 0. The van der Waals surface area contributed by atoms with Crippen LogP contribution in [-0.4, -0.2) is 6.61 Å². The summed E-state index contributed by atoms with van der Waals surface area (Å²) in [5, 5.41) is 0. The summed E-state index contributed by atoms with van der Waals surface area (Å²) in [7, 11) is 0. The smallest absolute Gasteiger partial charge is 0.125 e. The Kier molecular flexibility index (Phi) is 11.5. The third-order valence-electron chi connectivity index (χ3n) is 1.89. The van der Waals surface area contributed by atoms with Gasteiger partial charge in [-0.1, -0.05) is 45.4 Å². The molecule has 1 heteroatoms. The summed E-state index contributed by atoms with van der Waals surface area (Å²) in [5.41, 5.74) is 3.76. The van der Waals surface area contributed by atoms with E-state index in [-0.39, 0.29) is 0 Å². The number of aryl methyl sites for hydroxylation is 3. The molecule has 1 aromatic carbocycles. The van der Waals surface area contributed by atoms with Crippen LogP contribution in [0.3, 0.4) is 0 Å². The maximum absolute atomic E-state index is 5.52. The zero-order valence-electron chi connectivity index (χ0n) is 12.3. The molecule has 0 N–H and O–H groups in total. The third-order valence-corrected chi connectivity index (χ3v) is 1.89. The number of rotatable bonds is 2. The van der Waals surface area contributed by atoms with Crippen molar-refractivity contribution in [3.8, 4) is 5.75 Å². The van der Waals surface area contributed by atoms with Gasteiger partial charge >= 0.3 is 0 Å². The van der Waals surface area contributed by atoms with Crippen LogP contribution >= 0.6 is 0 Å². The molecule has 0 aliphatic heterocycles. The van der Waals surface area contributed by atoms with Gasteiger partial charge < -0.3 is 4.74 Å². The average Bonchev–Trinajstić information content (AvgIpc) is 2.29. The quantitative estimate of drug-likeness (QED) is 0.682. The second-order valence-electron chi connectivity index (χ2n) is 3.16. The van der Waals surface area contributed by atoms with Crippen LogP contribution < -0.4 is 4.74 Å². The molecule has 0 spiro atoms. The molecular formula is C15H28O. The Hall–Kier alpha value is -0.980. The lowest BCUT2D eigenvalue weighted by Gasteiger charge is -2.10. The molecular weight excluding hydrogens is 196 g/mol. The molecule has 1 aromatic rings. The van der Waals surface area contributed by atoms with Crippen molar-refractivity contribution in [1.29, 1.82) is 0 Å². The second-order valence-corrected chi connectivity index (χ2v) is 3.16. The highest BCUT2D eigenvalue weighted by molar-refractivity contribution is 5.42. The van der Waals surface area contributed by atoms with E-state index in [4.69, 9.17) is 4.74 Å². The van der Waals surface area contributed by atoms with Gasteiger partial charge in [-0.05, 0) is 38.8 Å². The van der Waals surface area contributed by atoms with Gasteiger partial charge in [0.2, 0.25) is 0 Å². The lowest BCUT2D eigenvalue weighted by atomic mass is 10.1. The van der Waals surface area contributed by atoms with Crippen molar-refractivity contribution in [3.05, 3.63) is 28.8 Å². The van der Waals surface area contributed by atoms with Crippen LogP contribution in [0.15, 0.2) is 12.1 Å². The van der Waals surface area contributed by atoms with E-state index in [0.29, 0.717) is 0 Å². The largest absolute Gasteiger partial charge is 0.493 e. The summed E-state index contributed by atoms with van der Waals surface area (Å²) >= 11 is 0. The van der Waals surface area contributed by atoms with Crippen molar-refractivity contribution in [2.45, 2.75) is 55.4 Å². The Labute approximate surface area is 102 Å². The second kappa shape index (κ2) is 10.5. The Balaban J connectivity index is 0. The standard InChI is InChI=1S/C11H16O.2C2H6/c1-5-12-11-9(3)6-8(2)7-10(11)4;2*1-2/h6-7H,5H2,1-4H3;2*1-2H3. The fourth-order valence-corrected chi connectivity index (χ4v) is 1.54. The highest BCUT2D eigenvalue weighted by Gasteiger charge is 2.02. The van der Waals surface area contributed by atoms with Crippen molar-refractivity contribution in [3.63, 3.8) is 0 Å². The molecule has 0 aromatic heterocycles. The van der Waals surface area contributed by atoms with E-state index >= 15 is 0 Å². The van der Waals surface area contributed by atoms with E-state index in [1.165, 1.54) is 16.7 Å². The molecule has 0 radical (unpaired) electrons. The van der Waals surface area contributed by atoms with Gasteiger partial charge in [-0.15, -0.1) is 0 Å². The molecule has 0 aliphatic carbocycles. The van der Waals surface area contributed by atoms with Gasteiger partial charge in [-0.2, -0.15) is 0 Å². The summed E-state index contributed by atoms with van der Waals surface area (Å²) in [6, 6.07) is 4.30. The van der Waals surface area contributed by atoms with E-state index < -0.39 is 0 Å². The SMILES string of the molecule is CC.CC.CCOc1c(C)cc(C)cc1C. The van der Waals surface area contributed by atoms with E-state index in [2.05, 4.69) is 32.9 Å². The molecule has 0 fully saturated rings. The molecule has 1 nitrogen and oxygen atoms in total. The predicted octanol–water partition coefficient (Wildman–Crippen LogP) is 5.06. The molecule has 0 amide bonds. The summed E-state index contributed by atoms with van der Waals surface area (Å²) < 4.78 is 5.52. The van der Waals surface area contributed by atoms with Crippen molar-refractivity contribution in [1.82, 2.24) is 0 Å². The maximum Gasteiger partial charge on any atom is 0.125 e. The third kappa shape index (κ3) is 5.79. The molecule has 0 aliphatic rings. The van der Waals surface area contributed by atoms with Gasteiger partial charge in [0.15, 0.2) is 0 Å². The maximum atomic E-state index is 5.52. The zero-order valence-corrected chi connectivity index (χ0v) is 12.3. The highest BCUT2D eigenvalue weighted by atomic mass is 16.5. The van der Waals surface area contributed by atoms with Gasteiger partial charge in [0, 0.05) is 0 Å². The van der Waals surface area contributed by atoms with Crippen LogP contribution in [0.2, 0.25) is 0 Å². The van der Waals surface area contributed by atoms with Crippen molar-refractivity contribution < 1.29 is 4.74 Å². The Morgan fingerprint density at radius 2 is 1.25 bits per heavy atom. The first kappa shape index (κ1) is 17.4. The van der Waals surface area contributed by atoms with E-state index in [0.717, 1.165) is 12.4 Å². The highest BCUT2D eigenvalue weighted by Crippen LogP contribution is 2.24. The van der Waals surface area contributed by atoms with Gasteiger partial charge in [0.1, 0.15) is 5.75 Å². The molecule has 0 unspecified atom stereocenters. The zero-order chi connectivity index (χ0) is 13.1. The van der Waals surface area contributed by atoms with E-state index in [1.54, 1.807) is 0 Å². The molecule has 0 heterocycles. The first-order valence-electron chi connectivity index (χ1n) is 6.35. The van der Waals surface area contributed by atoms with Crippen LogP contribution in [-0.2, 0) is 0 Å². The minimum Gasteiger partial charge on any atom is -0.493 e. The van der Waals surface area contributed by atoms with E-state index in [9.17, 15) is 0 Å². The fourth-order valence-electron chi connectivity index (χ4n) is 1.54. The average molecular weight is 224 g/mol. The molecule has 16 heavy (non-hydrogen) atoms. The van der Waals surface area contributed by atoms with Crippen LogP contribution in [0.5, 0.6) is 5.75 Å². The van der Waals surface area contributed by atoms with Crippen molar-refractivity contribution in [2.24, 2.45) is 0 Å². The van der Waals surface area contributed by atoms with Gasteiger partial charge in [0.25, 0.3) is 0 Å². The Morgan fingerprint density at radius 1 is 0.875 bits per heavy atom. The normalized spacial score (nSPS) is 8.25. The van der Waals surface area contributed by atoms with Crippen LogP contribution in [0.25, 0.3) is 0 Å². The summed E-state index contributed by atoms with van der Waals surface area (Å²) in [5.74, 6) is 1.04. The van der Waals surface area contributed by atoms with Gasteiger partial charge in [-0.25, -0.2) is 0 Å². The van der Waals surface area contributed by atoms with Crippen molar-refractivity contribution >= 4 is 0 Å². The molecule has 94 valence electrons. The fraction of sp³-hybridized carbons (Fsp3) is 0.600. The van der Waals surface area contributed by atoms with Crippen LogP contribution in [0.4, 0.5) is 0 Å². The lowest BCUT2D eigenvalue weighted by molar-refractivity contribution is 0.335. The minimum atomic E-state index is 0.741. The van der Waals surface area contributed by atoms with Gasteiger partial charge in [0.05, 0.1) is 6.61 Å². The number of hydrogen-bond acceptors (Lipinski definition) is 1. The lowest BCUT2D eigenvalue weighted by Crippen LogP contribution is -1.96. The topological polar surface area (TPSA) is 9.23 Å². The predicted molar refractivity (Wildman–Crippen MR) is 74.5 cm³/mol. The summed E-state index contributed by atoms with van der Waals surface area (Å²) in [6.07, 6.45) is 0. The minimum absolute atomic E-state index is 0.741. The first-order chi connectivity index (χ1) is 7.65. The summed E-state index contributed by atoms with van der Waals surface area (Å²) in [6.45, 7) is 17.0. The van der Waals surface area contributed by atoms with E-state index in [1.807, 2.05) is 34.6 Å². The van der Waals surface area contributed by atoms with Crippen LogP contribution in [0, 0.1) is 20.8 Å². The molecule has 1 rings (SSSR count). The monoisotopic (exact) mass is 224 g/mol. The molecule has 0 saturated carbocycles. The number of ether oxygens (including phenoxy) is 1. The first-order valence-corrected chi connectivity index (χ1v) is 6.35. The van der Waals surface area contributed by atoms with Crippen molar-refractivity contribution in [2.75, 3.05) is 6.61 Å². The molecule has 0 saturated heterocycles. The van der Waals surface area contributed by atoms with Crippen LogP contribution in [0.1, 0.15) is 51.3 Å². The molecule has 0 bridgehead atoms. The number of benzene rings is 1. The van der Waals surface area contributed by atoms with Gasteiger partial charge in [-0.3, -0.25) is 0 Å².